The molecule has 15 heteroatoms. The smallest absolute Gasteiger partial charge is 0.437 e. The Hall–Kier alpha value is -5.44. The van der Waals surface area contributed by atoms with Gasteiger partial charge in [0.25, 0.3) is 10.0 Å². The number of nitrogens with two attached hydrogens (primary N) is 1. The van der Waals surface area contributed by atoms with Crippen molar-refractivity contribution >= 4 is 51.4 Å². The Balaban J connectivity index is 1.97. The molecule has 3 aromatic carbocycles. The van der Waals surface area contributed by atoms with Crippen LogP contribution in [0.2, 0.25) is 0 Å². The fraction of sp³-hybridized carbons (Fsp3) is 0.395. The lowest BCUT2D eigenvalue weighted by Crippen LogP contribution is -2.45. The minimum absolute atomic E-state index is 0.0678. The predicted octanol–water partition coefficient (Wildman–Crippen LogP) is 6.78. The highest BCUT2D eigenvalue weighted by Gasteiger charge is 2.30. The molecular weight excluding hydrogens is 703 g/mol. The highest BCUT2D eigenvalue weighted by Crippen LogP contribution is 2.28. The van der Waals surface area contributed by atoms with E-state index in [9.17, 15) is 27.6 Å². The fourth-order valence-electron chi connectivity index (χ4n) is 5.06. The quantitative estimate of drug-likeness (QED) is 0.0768. The largest absolute Gasteiger partial charge is 0.466 e. The zero-order valence-corrected chi connectivity index (χ0v) is 32.2. The van der Waals surface area contributed by atoms with Crippen molar-refractivity contribution in [3.05, 3.63) is 90.0 Å². The normalized spacial score (nSPS) is 13.2. The van der Waals surface area contributed by atoms with Crippen LogP contribution in [0.5, 0.6) is 0 Å². The first-order valence-electron chi connectivity index (χ1n) is 17.1. The lowest BCUT2D eigenvalue weighted by Gasteiger charge is -2.27. The molecule has 0 aliphatic heterocycles. The average Bonchev–Trinajstić information content (AvgIpc) is 3.04. The third-order valence-corrected chi connectivity index (χ3v) is 8.63. The predicted molar refractivity (Wildman–Crippen MR) is 202 cm³/mol. The van der Waals surface area contributed by atoms with Gasteiger partial charge < -0.3 is 25.3 Å². The van der Waals surface area contributed by atoms with Crippen molar-refractivity contribution in [3.63, 3.8) is 0 Å². The van der Waals surface area contributed by atoms with Crippen molar-refractivity contribution in [2.24, 2.45) is 10.7 Å². The van der Waals surface area contributed by atoms with E-state index < -0.39 is 57.3 Å². The van der Waals surface area contributed by atoms with Gasteiger partial charge in [-0.2, -0.15) is 0 Å². The summed E-state index contributed by atoms with van der Waals surface area (Å²) >= 11 is 0. The number of carbonyl (C=O) groups is 4. The number of ether oxygens (including phenoxy) is 3. The lowest BCUT2D eigenvalue weighted by atomic mass is 9.94. The molecule has 0 heterocycles. The summed E-state index contributed by atoms with van der Waals surface area (Å²) in [6.45, 7) is 13.5. The number of amides is 3. The summed E-state index contributed by atoms with van der Waals surface area (Å²) in [6.07, 6.45) is -1.79. The zero-order valence-electron chi connectivity index (χ0n) is 31.3. The maximum absolute atomic E-state index is 13.8. The SMILES string of the molecule is CCOC(=O)CC(NC(=O)C(CC)c1ccccc1)c1cccc(NS(=O)(=O)c2cccc(N(C(=O)OC(C)(C)C)C(N)=NC(=O)OC(C)(C)C)c2)c1. The second-order valence-electron chi connectivity index (χ2n) is 13.9. The van der Waals surface area contributed by atoms with Gasteiger partial charge in [0, 0.05) is 5.69 Å². The summed E-state index contributed by atoms with van der Waals surface area (Å²) in [6, 6.07) is 19.9. The standard InChI is InChI=1S/C38H49N5O9S/c1-9-30(25-16-12-11-13-17-25)33(45)40-31(24-32(44)50-10-2)26-18-14-19-27(22-26)42-53(48,49)29-21-15-20-28(23-29)43(36(47)52-38(6,7)8)34(39)41-35(46)51-37(3,4)5/h11-23,30-31,42H,9-10,24H2,1-8H3,(H,40,45)(H2,39,41,46). The Morgan fingerprint density at radius 3 is 2.06 bits per heavy atom. The molecule has 3 aromatic rings. The van der Waals surface area contributed by atoms with Gasteiger partial charge in [-0.1, -0.05) is 55.5 Å². The summed E-state index contributed by atoms with van der Waals surface area (Å²) < 4.78 is 45.9. The summed E-state index contributed by atoms with van der Waals surface area (Å²) in [5.41, 5.74) is 5.55. The third-order valence-electron chi connectivity index (χ3n) is 7.25. The van der Waals surface area contributed by atoms with E-state index in [1.165, 1.54) is 30.3 Å². The number of nitrogens with one attached hydrogen (secondary N) is 2. The molecule has 0 radical (unpaired) electrons. The van der Waals surface area contributed by atoms with Gasteiger partial charge in [0.1, 0.15) is 11.2 Å². The van der Waals surface area contributed by atoms with Gasteiger partial charge >= 0.3 is 18.2 Å². The zero-order chi connectivity index (χ0) is 39.6. The third kappa shape index (κ3) is 12.9. The second kappa shape index (κ2) is 17.9. The van der Waals surface area contributed by atoms with Crippen LogP contribution in [-0.2, 0) is 33.8 Å². The monoisotopic (exact) mass is 751 g/mol. The van der Waals surface area contributed by atoms with Crippen LogP contribution >= 0.6 is 0 Å². The molecule has 3 rings (SSSR count). The van der Waals surface area contributed by atoms with Gasteiger partial charge in [0.2, 0.25) is 11.9 Å². The number of aliphatic imine (C=N–C) groups is 1. The minimum atomic E-state index is -4.33. The highest BCUT2D eigenvalue weighted by molar-refractivity contribution is 7.92. The van der Waals surface area contributed by atoms with Crippen LogP contribution in [0, 0.1) is 0 Å². The molecule has 14 nitrogen and oxygen atoms in total. The Labute approximate surface area is 311 Å². The van der Waals surface area contributed by atoms with Crippen LogP contribution in [-0.4, -0.2) is 56.2 Å². The maximum atomic E-state index is 13.8. The van der Waals surface area contributed by atoms with Crippen LogP contribution in [0.3, 0.4) is 0 Å². The topological polar surface area (TPSA) is 196 Å². The van der Waals surface area contributed by atoms with E-state index in [1.807, 2.05) is 37.3 Å². The molecule has 286 valence electrons. The summed E-state index contributed by atoms with van der Waals surface area (Å²) in [7, 11) is -4.33. The molecule has 0 aliphatic rings. The van der Waals surface area contributed by atoms with Gasteiger partial charge in [0.05, 0.1) is 35.6 Å². The lowest BCUT2D eigenvalue weighted by molar-refractivity contribution is -0.143. The Kier molecular flexibility index (Phi) is 14.1. The average molecular weight is 752 g/mol. The summed E-state index contributed by atoms with van der Waals surface area (Å²) in [5, 5.41) is 2.95. The van der Waals surface area contributed by atoms with Gasteiger partial charge in [-0.05, 0) is 96.3 Å². The molecule has 0 fully saturated rings. The number of nitrogens with zero attached hydrogens (tertiary/aromatic N) is 2. The number of carbonyl (C=O) groups excluding carboxylic acids is 4. The van der Waals surface area contributed by atoms with Crippen LogP contribution in [0.4, 0.5) is 21.0 Å². The number of hydrogen-bond donors (Lipinski definition) is 3. The number of hydrogen-bond acceptors (Lipinski definition) is 9. The van der Waals surface area contributed by atoms with Crippen molar-refractivity contribution in [2.45, 2.75) is 96.3 Å². The Morgan fingerprint density at radius 1 is 0.830 bits per heavy atom. The van der Waals surface area contributed by atoms with E-state index in [1.54, 1.807) is 60.6 Å². The number of sulfonamides is 1. The first-order valence-corrected chi connectivity index (χ1v) is 18.5. The van der Waals surface area contributed by atoms with E-state index in [0.717, 1.165) is 16.5 Å². The Bertz CT molecular complexity index is 1900. The first-order chi connectivity index (χ1) is 24.7. The number of rotatable bonds is 12. The van der Waals surface area contributed by atoms with Crippen LogP contribution in [0.1, 0.15) is 91.3 Å². The Morgan fingerprint density at radius 2 is 1.45 bits per heavy atom. The van der Waals surface area contributed by atoms with E-state index in [-0.39, 0.29) is 35.2 Å². The van der Waals surface area contributed by atoms with Gasteiger partial charge in [-0.3, -0.25) is 14.3 Å². The summed E-state index contributed by atoms with van der Waals surface area (Å²) in [5.74, 6) is -1.95. The second-order valence-corrected chi connectivity index (χ2v) is 15.6. The molecule has 0 aliphatic carbocycles. The number of guanidine groups is 1. The highest BCUT2D eigenvalue weighted by atomic mass is 32.2. The van der Waals surface area contributed by atoms with E-state index in [4.69, 9.17) is 19.9 Å². The van der Waals surface area contributed by atoms with Gasteiger partial charge in [0.15, 0.2) is 0 Å². The molecule has 0 aromatic heterocycles. The maximum Gasteiger partial charge on any atom is 0.437 e. The number of esters is 1. The van der Waals surface area contributed by atoms with Crippen LogP contribution in [0.15, 0.2) is 88.8 Å². The van der Waals surface area contributed by atoms with Crippen molar-refractivity contribution in [1.82, 2.24) is 5.32 Å². The van der Waals surface area contributed by atoms with Gasteiger partial charge in [-0.25, -0.2) is 22.9 Å². The molecule has 0 saturated heterocycles. The van der Waals surface area contributed by atoms with Crippen molar-refractivity contribution < 1.29 is 41.8 Å². The molecule has 0 bridgehead atoms. The van der Waals surface area contributed by atoms with Crippen molar-refractivity contribution in [1.29, 1.82) is 0 Å². The van der Waals surface area contributed by atoms with Crippen LogP contribution < -0.4 is 20.7 Å². The fourth-order valence-corrected chi connectivity index (χ4v) is 6.15. The molecular formula is C38H49N5O9S. The number of benzene rings is 3. The van der Waals surface area contributed by atoms with E-state index in [0.29, 0.717) is 12.0 Å². The molecule has 0 spiro atoms. The molecule has 53 heavy (non-hydrogen) atoms. The van der Waals surface area contributed by atoms with E-state index in [2.05, 4.69) is 15.0 Å². The molecule has 2 atom stereocenters. The van der Waals surface area contributed by atoms with Crippen LogP contribution in [0.25, 0.3) is 0 Å². The number of anilines is 2. The van der Waals surface area contributed by atoms with Gasteiger partial charge in [-0.15, -0.1) is 4.99 Å². The molecule has 3 amide bonds. The minimum Gasteiger partial charge on any atom is -0.466 e. The molecule has 4 N–H and O–H groups in total. The van der Waals surface area contributed by atoms with Crippen molar-refractivity contribution in [2.75, 3.05) is 16.2 Å². The molecule has 0 saturated carbocycles. The first kappa shape index (κ1) is 42.0. The molecule has 2 unspecified atom stereocenters. The van der Waals surface area contributed by atoms with Crippen molar-refractivity contribution in [3.8, 4) is 0 Å². The van der Waals surface area contributed by atoms with E-state index >= 15 is 0 Å². The summed E-state index contributed by atoms with van der Waals surface area (Å²) in [4.78, 5) is 56.1.